The fourth-order valence-electron chi connectivity index (χ4n) is 3.49. The van der Waals surface area contributed by atoms with Crippen LogP contribution in [0, 0.1) is 11.3 Å². The number of ether oxygens (including phenoxy) is 1. The molecule has 0 radical (unpaired) electrons. The molecule has 0 spiro atoms. The van der Waals surface area contributed by atoms with Crippen LogP contribution in [0.4, 0.5) is 0 Å². The van der Waals surface area contributed by atoms with E-state index in [1.807, 2.05) is 11.3 Å². The van der Waals surface area contributed by atoms with Crippen molar-refractivity contribution in [2.45, 2.75) is 45.1 Å². The van der Waals surface area contributed by atoms with Crippen molar-refractivity contribution >= 4 is 11.3 Å². The average Bonchev–Trinajstić information content (AvgIpc) is 2.98. The summed E-state index contributed by atoms with van der Waals surface area (Å²) in [5, 5.41) is 5.79. The molecule has 19 heavy (non-hydrogen) atoms. The highest BCUT2D eigenvalue weighted by Gasteiger charge is 2.50. The van der Waals surface area contributed by atoms with E-state index in [-0.39, 0.29) is 0 Å². The molecule has 0 amide bonds. The van der Waals surface area contributed by atoms with E-state index in [9.17, 15) is 0 Å². The number of thiophene rings is 1. The Morgan fingerprint density at radius 3 is 3.05 bits per heavy atom. The molecule has 1 aliphatic carbocycles. The minimum atomic E-state index is 0.390. The summed E-state index contributed by atoms with van der Waals surface area (Å²) in [6, 6.07) is 4.44. The molecule has 3 heteroatoms. The summed E-state index contributed by atoms with van der Waals surface area (Å²) in [5.74, 6) is 0.851. The largest absolute Gasteiger partial charge is 0.377 e. The van der Waals surface area contributed by atoms with Gasteiger partial charge in [0.15, 0.2) is 0 Å². The Kier molecular flexibility index (Phi) is 4.25. The molecule has 1 aromatic rings. The predicted octanol–water partition coefficient (Wildman–Crippen LogP) is 3.48. The van der Waals surface area contributed by atoms with Gasteiger partial charge in [0.2, 0.25) is 0 Å². The maximum atomic E-state index is 6.12. The third-order valence-corrected chi connectivity index (χ3v) is 5.66. The van der Waals surface area contributed by atoms with Crippen LogP contribution in [0.25, 0.3) is 0 Å². The molecular formula is C16H25NOS. The van der Waals surface area contributed by atoms with Gasteiger partial charge in [-0.1, -0.05) is 13.0 Å². The summed E-state index contributed by atoms with van der Waals surface area (Å²) in [6.45, 7) is 5.38. The maximum absolute atomic E-state index is 6.12. The zero-order chi connectivity index (χ0) is 13.1. The number of hydrogen-bond donors (Lipinski definition) is 1. The lowest BCUT2D eigenvalue weighted by atomic mass is 9.75. The van der Waals surface area contributed by atoms with Gasteiger partial charge in [0.1, 0.15) is 0 Å². The van der Waals surface area contributed by atoms with Crippen molar-refractivity contribution in [3.63, 3.8) is 0 Å². The lowest BCUT2D eigenvalue weighted by Crippen LogP contribution is -2.42. The fourth-order valence-corrected chi connectivity index (χ4v) is 4.20. The van der Waals surface area contributed by atoms with E-state index in [4.69, 9.17) is 4.74 Å². The van der Waals surface area contributed by atoms with Crippen molar-refractivity contribution in [3.8, 4) is 0 Å². The average molecular weight is 279 g/mol. The Morgan fingerprint density at radius 2 is 2.37 bits per heavy atom. The first-order chi connectivity index (χ1) is 9.34. The number of nitrogens with one attached hydrogen (secondary N) is 1. The van der Waals surface area contributed by atoms with Crippen LogP contribution in [0.5, 0.6) is 0 Å². The first-order valence-corrected chi connectivity index (χ1v) is 8.57. The van der Waals surface area contributed by atoms with Crippen molar-refractivity contribution in [1.29, 1.82) is 0 Å². The van der Waals surface area contributed by atoms with Crippen LogP contribution in [0.15, 0.2) is 17.5 Å². The van der Waals surface area contributed by atoms with Crippen LogP contribution in [0.3, 0.4) is 0 Å². The van der Waals surface area contributed by atoms with Gasteiger partial charge in [0.05, 0.1) is 6.10 Å². The van der Waals surface area contributed by atoms with Gasteiger partial charge in [-0.25, -0.2) is 0 Å². The van der Waals surface area contributed by atoms with Crippen LogP contribution >= 0.6 is 11.3 Å². The van der Waals surface area contributed by atoms with Crippen molar-refractivity contribution in [2.75, 3.05) is 19.7 Å². The molecule has 1 aromatic heterocycles. The van der Waals surface area contributed by atoms with Gasteiger partial charge in [-0.05, 0) is 56.0 Å². The van der Waals surface area contributed by atoms with E-state index in [1.165, 1.54) is 37.0 Å². The van der Waals surface area contributed by atoms with Crippen LogP contribution in [0.1, 0.15) is 37.5 Å². The normalized spacial score (nSPS) is 30.9. The van der Waals surface area contributed by atoms with Gasteiger partial charge in [-0.15, -0.1) is 11.3 Å². The molecule has 2 heterocycles. The Morgan fingerprint density at radius 1 is 1.47 bits per heavy atom. The number of hydrogen-bond acceptors (Lipinski definition) is 3. The van der Waals surface area contributed by atoms with Gasteiger partial charge < -0.3 is 10.1 Å². The quantitative estimate of drug-likeness (QED) is 0.825. The lowest BCUT2D eigenvalue weighted by Gasteiger charge is -2.34. The summed E-state index contributed by atoms with van der Waals surface area (Å²) in [5.41, 5.74) is 0.390. The summed E-state index contributed by atoms with van der Waals surface area (Å²) in [4.78, 5) is 1.53. The molecule has 2 nitrogen and oxygen atoms in total. The zero-order valence-corrected chi connectivity index (χ0v) is 12.7. The summed E-state index contributed by atoms with van der Waals surface area (Å²) in [6.07, 6.45) is 7.03. The van der Waals surface area contributed by atoms with Crippen LogP contribution in [0.2, 0.25) is 0 Å². The van der Waals surface area contributed by atoms with E-state index in [0.29, 0.717) is 11.5 Å². The van der Waals surface area contributed by atoms with Gasteiger partial charge in [0.25, 0.3) is 0 Å². The summed E-state index contributed by atoms with van der Waals surface area (Å²) in [7, 11) is 0. The van der Waals surface area contributed by atoms with Gasteiger partial charge >= 0.3 is 0 Å². The Labute approximate surface area is 120 Å². The topological polar surface area (TPSA) is 21.3 Å². The first-order valence-electron chi connectivity index (χ1n) is 7.69. The monoisotopic (exact) mass is 279 g/mol. The molecule has 2 unspecified atom stereocenters. The maximum Gasteiger partial charge on any atom is 0.0672 e. The molecule has 0 aromatic carbocycles. The van der Waals surface area contributed by atoms with Gasteiger partial charge in [-0.2, -0.15) is 0 Å². The van der Waals surface area contributed by atoms with Gasteiger partial charge in [-0.3, -0.25) is 0 Å². The minimum absolute atomic E-state index is 0.390. The van der Waals surface area contributed by atoms with Crippen molar-refractivity contribution < 1.29 is 4.74 Å². The van der Waals surface area contributed by atoms with E-state index in [1.54, 1.807) is 0 Å². The second-order valence-electron chi connectivity index (χ2n) is 6.10. The van der Waals surface area contributed by atoms with Crippen LogP contribution in [-0.2, 0) is 11.2 Å². The molecule has 1 saturated carbocycles. The van der Waals surface area contributed by atoms with Crippen molar-refractivity contribution in [1.82, 2.24) is 5.32 Å². The second kappa shape index (κ2) is 5.94. The zero-order valence-electron chi connectivity index (χ0n) is 11.9. The molecule has 2 aliphatic rings. The van der Waals surface area contributed by atoms with Crippen molar-refractivity contribution in [2.24, 2.45) is 11.3 Å². The van der Waals surface area contributed by atoms with E-state index >= 15 is 0 Å². The summed E-state index contributed by atoms with van der Waals surface area (Å²) < 4.78 is 6.12. The minimum Gasteiger partial charge on any atom is -0.377 e. The first kappa shape index (κ1) is 13.6. The van der Waals surface area contributed by atoms with E-state index < -0.39 is 0 Å². The van der Waals surface area contributed by atoms with Crippen LogP contribution < -0.4 is 5.32 Å². The van der Waals surface area contributed by atoms with E-state index in [2.05, 4.69) is 29.8 Å². The molecule has 0 bridgehead atoms. The molecule has 2 fully saturated rings. The summed E-state index contributed by atoms with van der Waals surface area (Å²) >= 11 is 1.89. The highest BCUT2D eigenvalue weighted by atomic mass is 32.1. The smallest absolute Gasteiger partial charge is 0.0672 e. The second-order valence-corrected chi connectivity index (χ2v) is 7.13. The SMILES string of the molecule is CCNCC1(CCc2cccs2)CCOC1C1CC1. The molecule has 1 aliphatic heterocycles. The molecule has 1 saturated heterocycles. The number of rotatable bonds is 7. The highest BCUT2D eigenvalue weighted by molar-refractivity contribution is 7.09. The standard InChI is InChI=1S/C16H25NOS/c1-2-17-12-16(8-7-14-4-3-11-19-14)9-10-18-15(16)13-5-6-13/h3-4,11,13,15,17H,2,5-10,12H2,1H3. The number of aryl methyl sites for hydroxylation is 1. The third kappa shape index (κ3) is 3.04. The molecular weight excluding hydrogens is 254 g/mol. The predicted molar refractivity (Wildman–Crippen MR) is 80.7 cm³/mol. The Balaban J connectivity index is 1.68. The van der Waals surface area contributed by atoms with E-state index in [0.717, 1.165) is 25.6 Å². The Bertz CT molecular complexity index is 387. The fraction of sp³-hybridized carbons (Fsp3) is 0.750. The molecule has 1 N–H and O–H groups in total. The van der Waals surface area contributed by atoms with Crippen molar-refractivity contribution in [3.05, 3.63) is 22.4 Å². The Hall–Kier alpha value is -0.380. The molecule has 106 valence electrons. The third-order valence-electron chi connectivity index (χ3n) is 4.73. The highest BCUT2D eigenvalue weighted by Crippen LogP contribution is 2.49. The lowest BCUT2D eigenvalue weighted by molar-refractivity contribution is 0.0270. The molecule has 3 rings (SSSR count). The van der Waals surface area contributed by atoms with Crippen LogP contribution in [-0.4, -0.2) is 25.8 Å². The molecule has 2 atom stereocenters. The van der Waals surface area contributed by atoms with Gasteiger partial charge in [0, 0.05) is 23.4 Å².